The van der Waals surface area contributed by atoms with E-state index in [0.717, 1.165) is 72.4 Å². The second kappa shape index (κ2) is 10.9. The Morgan fingerprint density at radius 2 is 0.981 bits per heavy atom. The molecule has 10 rings (SSSR count). The predicted molar refractivity (Wildman–Crippen MR) is 206 cm³/mol. The van der Waals surface area contributed by atoms with Crippen LogP contribution in [0.3, 0.4) is 0 Å². The van der Waals surface area contributed by atoms with Crippen molar-refractivity contribution in [3.63, 3.8) is 0 Å². The van der Waals surface area contributed by atoms with Gasteiger partial charge >= 0.3 is 0 Å². The third-order valence-corrected chi connectivity index (χ3v) is 10.4. The summed E-state index contributed by atoms with van der Waals surface area (Å²) >= 11 is 0. The van der Waals surface area contributed by atoms with Crippen LogP contribution in [0.15, 0.2) is 115 Å². The normalized spacial score (nSPS) is 13.2. The molecule has 0 N–H and O–H groups in total. The quantitative estimate of drug-likeness (QED) is 0.180. The highest BCUT2D eigenvalue weighted by molar-refractivity contribution is 6.09. The molecule has 0 saturated heterocycles. The van der Waals surface area contributed by atoms with Gasteiger partial charge in [-0.3, -0.25) is 0 Å². The number of hydrogen-bond donors (Lipinski definition) is 0. The maximum absolute atomic E-state index is 5.02. The maximum atomic E-state index is 5.02. The van der Waals surface area contributed by atoms with Crippen molar-refractivity contribution in [1.82, 2.24) is 45.0 Å². The molecule has 52 heavy (non-hydrogen) atoms. The SMILES string of the molecule is Cn1nc2cccc(N(c3ccc(-c4ccccc4)c4nn(C)nc34)c3ccc(-c4ccc5c(c4)-c4ccccc4C5(C)C)c4nn(C)nc34)c2n1. The lowest BCUT2D eigenvalue weighted by atomic mass is 9.82. The molecule has 9 aromatic rings. The number of fused-ring (bicyclic) bond motifs is 6. The molecule has 0 fully saturated rings. The highest BCUT2D eigenvalue weighted by atomic mass is 15.5. The Balaban J connectivity index is 1.22. The molecule has 0 radical (unpaired) electrons. The number of aromatic nitrogens is 9. The van der Waals surface area contributed by atoms with Gasteiger partial charge in [-0.15, -0.1) is 0 Å². The van der Waals surface area contributed by atoms with Gasteiger partial charge in [0.05, 0.1) is 17.1 Å². The lowest BCUT2D eigenvalue weighted by Gasteiger charge is -2.26. The average Bonchev–Trinajstić information content (AvgIpc) is 3.90. The van der Waals surface area contributed by atoms with Gasteiger partial charge in [0.25, 0.3) is 0 Å². The summed E-state index contributed by atoms with van der Waals surface area (Å²) in [5, 5.41) is 29.3. The van der Waals surface area contributed by atoms with E-state index in [1.54, 1.807) is 14.4 Å². The van der Waals surface area contributed by atoms with Crippen molar-refractivity contribution in [1.29, 1.82) is 0 Å². The van der Waals surface area contributed by atoms with Gasteiger partial charge in [-0.25, -0.2) is 0 Å². The zero-order chi connectivity index (χ0) is 35.3. The fraction of sp³-hybridized carbons (Fsp3) is 0.143. The molecular formula is C42H34N10. The monoisotopic (exact) mass is 678 g/mol. The van der Waals surface area contributed by atoms with Crippen molar-refractivity contribution in [2.24, 2.45) is 21.1 Å². The smallest absolute Gasteiger partial charge is 0.137 e. The van der Waals surface area contributed by atoms with Gasteiger partial charge in [0.15, 0.2) is 0 Å². The highest BCUT2D eigenvalue weighted by Crippen LogP contribution is 2.50. The number of benzene rings is 6. The first-order chi connectivity index (χ1) is 25.3. The number of rotatable bonds is 5. The molecule has 1 aliphatic rings. The van der Waals surface area contributed by atoms with Crippen LogP contribution in [-0.2, 0) is 26.6 Å². The fourth-order valence-corrected chi connectivity index (χ4v) is 8.09. The minimum atomic E-state index is -0.0697. The molecule has 0 unspecified atom stereocenters. The van der Waals surface area contributed by atoms with Crippen LogP contribution in [0.1, 0.15) is 25.0 Å². The molecule has 10 nitrogen and oxygen atoms in total. The molecule has 1 aliphatic carbocycles. The molecule has 3 aromatic heterocycles. The standard InChI is InChI=1S/C42H34N10/c1-42(2)31-15-10-9-14-29(31)30-24-26(18-21-32(30)42)28-20-23-36(41-38(28)45-51(5)48-41)52(34-17-11-16-33-39(34)46-49(3)43-33)35-22-19-27(25-12-7-6-8-13-25)37-40(35)47-50(4)44-37/h6-24H,1-5H3. The Labute approximate surface area is 299 Å². The van der Waals surface area contributed by atoms with Crippen LogP contribution < -0.4 is 4.90 Å². The lowest BCUT2D eigenvalue weighted by Crippen LogP contribution is -2.14. The van der Waals surface area contributed by atoms with Crippen LogP contribution in [0.2, 0.25) is 0 Å². The number of hydrogen-bond acceptors (Lipinski definition) is 7. The van der Waals surface area contributed by atoms with Crippen LogP contribution in [-0.4, -0.2) is 45.0 Å². The molecule has 0 atom stereocenters. The Bertz CT molecular complexity index is 2880. The molecule has 0 amide bonds. The van der Waals surface area contributed by atoms with E-state index in [-0.39, 0.29) is 5.41 Å². The van der Waals surface area contributed by atoms with E-state index in [0.29, 0.717) is 0 Å². The largest absolute Gasteiger partial charge is 0.304 e. The molecule has 3 heterocycles. The van der Waals surface area contributed by atoms with Gasteiger partial charge in [-0.2, -0.15) is 45.0 Å². The van der Waals surface area contributed by atoms with E-state index in [9.17, 15) is 0 Å². The molecule has 252 valence electrons. The van der Waals surface area contributed by atoms with Crippen molar-refractivity contribution >= 4 is 50.2 Å². The Kier molecular flexibility index (Phi) is 6.33. The highest BCUT2D eigenvalue weighted by Gasteiger charge is 2.35. The van der Waals surface area contributed by atoms with Crippen LogP contribution in [0.4, 0.5) is 17.1 Å². The third-order valence-electron chi connectivity index (χ3n) is 10.4. The molecular weight excluding hydrogens is 645 g/mol. The van der Waals surface area contributed by atoms with Crippen molar-refractivity contribution < 1.29 is 0 Å². The van der Waals surface area contributed by atoms with Gasteiger partial charge in [0.1, 0.15) is 33.1 Å². The first kappa shape index (κ1) is 30.2. The average molecular weight is 679 g/mol. The summed E-state index contributed by atoms with van der Waals surface area (Å²) in [5.41, 5.74) is 16.5. The summed E-state index contributed by atoms with van der Waals surface area (Å²) in [5.74, 6) is 0. The van der Waals surface area contributed by atoms with E-state index >= 15 is 0 Å². The second-order valence-electron chi connectivity index (χ2n) is 14.0. The Hall–Kier alpha value is -6.68. The zero-order valence-electron chi connectivity index (χ0n) is 29.4. The molecule has 0 bridgehead atoms. The van der Waals surface area contributed by atoms with E-state index < -0.39 is 0 Å². The fourth-order valence-electron chi connectivity index (χ4n) is 8.09. The summed E-state index contributed by atoms with van der Waals surface area (Å²) in [6, 6.07) is 40.5. The summed E-state index contributed by atoms with van der Waals surface area (Å²) < 4.78 is 0. The van der Waals surface area contributed by atoms with Crippen molar-refractivity contribution in [3.05, 3.63) is 126 Å². The summed E-state index contributed by atoms with van der Waals surface area (Å²) in [6.45, 7) is 4.61. The van der Waals surface area contributed by atoms with Crippen LogP contribution >= 0.6 is 0 Å². The van der Waals surface area contributed by atoms with Crippen molar-refractivity contribution in [2.75, 3.05) is 4.90 Å². The third kappa shape index (κ3) is 4.37. The van der Waals surface area contributed by atoms with Crippen molar-refractivity contribution in [2.45, 2.75) is 19.3 Å². The van der Waals surface area contributed by atoms with Crippen LogP contribution in [0, 0.1) is 0 Å². The van der Waals surface area contributed by atoms with E-state index in [2.05, 4.69) is 109 Å². The van der Waals surface area contributed by atoms with E-state index in [1.807, 2.05) is 51.5 Å². The molecule has 6 aromatic carbocycles. The van der Waals surface area contributed by atoms with Gasteiger partial charge < -0.3 is 4.90 Å². The minimum Gasteiger partial charge on any atom is -0.304 e. The van der Waals surface area contributed by atoms with Gasteiger partial charge in [-0.05, 0) is 75.8 Å². The topological polar surface area (TPSA) is 95.4 Å². The number of anilines is 3. The molecule has 0 spiro atoms. The number of aryl methyl sites for hydroxylation is 3. The first-order valence-corrected chi connectivity index (χ1v) is 17.3. The van der Waals surface area contributed by atoms with Gasteiger partial charge in [-0.1, -0.05) is 86.6 Å². The Morgan fingerprint density at radius 3 is 1.69 bits per heavy atom. The van der Waals surface area contributed by atoms with Gasteiger partial charge in [0, 0.05) is 37.7 Å². The second-order valence-corrected chi connectivity index (χ2v) is 14.0. The molecule has 0 saturated carbocycles. The first-order valence-electron chi connectivity index (χ1n) is 17.3. The van der Waals surface area contributed by atoms with Gasteiger partial charge in [0.2, 0.25) is 0 Å². The predicted octanol–water partition coefficient (Wildman–Crippen LogP) is 8.64. The lowest BCUT2D eigenvalue weighted by molar-refractivity contribution is 0.660. The Morgan fingerprint density at radius 1 is 0.423 bits per heavy atom. The van der Waals surface area contributed by atoms with Crippen LogP contribution in [0.25, 0.3) is 66.5 Å². The van der Waals surface area contributed by atoms with Crippen molar-refractivity contribution in [3.8, 4) is 33.4 Å². The minimum absolute atomic E-state index is 0.0697. The molecule has 0 aliphatic heterocycles. The van der Waals surface area contributed by atoms with Crippen LogP contribution in [0.5, 0.6) is 0 Å². The van der Waals surface area contributed by atoms with E-state index in [4.69, 9.17) is 25.5 Å². The summed E-state index contributed by atoms with van der Waals surface area (Å²) in [4.78, 5) is 7.08. The summed E-state index contributed by atoms with van der Waals surface area (Å²) in [7, 11) is 5.58. The number of nitrogens with zero attached hydrogens (tertiary/aromatic N) is 10. The summed E-state index contributed by atoms with van der Waals surface area (Å²) in [6.07, 6.45) is 0. The van der Waals surface area contributed by atoms with E-state index in [1.165, 1.54) is 22.3 Å². The molecule has 10 heteroatoms. The zero-order valence-corrected chi connectivity index (χ0v) is 29.4. The maximum Gasteiger partial charge on any atom is 0.137 e.